The highest BCUT2D eigenvalue weighted by Crippen LogP contribution is 2.44. The van der Waals surface area contributed by atoms with E-state index < -0.39 is 18.0 Å². The van der Waals surface area contributed by atoms with E-state index in [9.17, 15) is 14.4 Å². The van der Waals surface area contributed by atoms with Gasteiger partial charge in [-0.25, -0.2) is 4.79 Å². The van der Waals surface area contributed by atoms with Crippen LogP contribution in [0.25, 0.3) is 11.1 Å². The first kappa shape index (κ1) is 23.1. The number of carbonyl (C=O) groups excluding carboxylic acids is 2. The second-order valence-electron chi connectivity index (χ2n) is 7.97. The Bertz CT molecular complexity index is 1160. The maximum atomic E-state index is 12.5. The first-order valence-electron chi connectivity index (χ1n) is 11.2. The van der Waals surface area contributed by atoms with Crippen molar-refractivity contribution in [1.29, 1.82) is 0 Å². The first-order valence-corrected chi connectivity index (χ1v) is 11.2. The van der Waals surface area contributed by atoms with Crippen molar-refractivity contribution >= 4 is 18.0 Å². The van der Waals surface area contributed by atoms with Gasteiger partial charge in [0.05, 0.1) is 13.0 Å². The van der Waals surface area contributed by atoms with Crippen LogP contribution < -0.4 is 5.32 Å². The molecule has 8 heteroatoms. The van der Waals surface area contributed by atoms with Gasteiger partial charge in [-0.05, 0) is 41.3 Å². The molecule has 8 nitrogen and oxygen atoms in total. The topological polar surface area (TPSA) is 109 Å². The van der Waals surface area contributed by atoms with Crippen molar-refractivity contribution in [3.63, 3.8) is 0 Å². The van der Waals surface area contributed by atoms with Crippen molar-refractivity contribution in [2.45, 2.75) is 25.8 Å². The van der Waals surface area contributed by atoms with Crippen LogP contribution in [-0.2, 0) is 16.1 Å². The summed E-state index contributed by atoms with van der Waals surface area (Å²) >= 11 is 0. The van der Waals surface area contributed by atoms with Gasteiger partial charge in [-0.15, -0.1) is 0 Å². The minimum Gasteiger partial charge on any atom is -0.481 e. The Labute approximate surface area is 197 Å². The lowest BCUT2D eigenvalue weighted by Gasteiger charge is -2.18. The van der Waals surface area contributed by atoms with Gasteiger partial charge in [0, 0.05) is 19.0 Å². The number of hydrogen-bond donors (Lipinski definition) is 2. The fourth-order valence-electron chi connectivity index (χ4n) is 4.19. The second kappa shape index (κ2) is 10.2. The normalized spacial score (nSPS) is 12.0. The molecule has 4 rings (SSSR count). The molecule has 0 fully saturated rings. The molecule has 0 bridgehead atoms. The zero-order chi connectivity index (χ0) is 24.1. The van der Waals surface area contributed by atoms with Crippen LogP contribution in [0.4, 0.5) is 4.79 Å². The molecule has 2 aromatic carbocycles. The summed E-state index contributed by atoms with van der Waals surface area (Å²) in [6.45, 7) is 2.49. The van der Waals surface area contributed by atoms with Crippen LogP contribution in [0.1, 0.15) is 46.7 Å². The zero-order valence-corrected chi connectivity index (χ0v) is 18.8. The number of furan rings is 1. The third-order valence-electron chi connectivity index (χ3n) is 5.89. The molecule has 176 valence electrons. The Morgan fingerprint density at radius 1 is 1.00 bits per heavy atom. The average Bonchev–Trinajstić information content (AvgIpc) is 3.44. The molecule has 0 radical (unpaired) electrons. The first-order chi connectivity index (χ1) is 16.5. The van der Waals surface area contributed by atoms with Crippen LogP contribution in [0, 0.1) is 0 Å². The summed E-state index contributed by atoms with van der Waals surface area (Å²) in [5.41, 5.74) is 4.58. The fourth-order valence-corrected chi connectivity index (χ4v) is 4.19. The molecule has 34 heavy (non-hydrogen) atoms. The number of aliphatic carboxylic acids is 1. The lowest BCUT2D eigenvalue weighted by atomic mass is 9.98. The number of ether oxygens (including phenoxy) is 1. The highest BCUT2D eigenvalue weighted by molar-refractivity contribution is 5.91. The van der Waals surface area contributed by atoms with Gasteiger partial charge in [0.1, 0.15) is 12.4 Å². The van der Waals surface area contributed by atoms with E-state index in [4.69, 9.17) is 14.3 Å². The van der Waals surface area contributed by atoms with Gasteiger partial charge < -0.3 is 24.5 Å². The van der Waals surface area contributed by atoms with Crippen LogP contribution in [-0.4, -0.2) is 47.7 Å². The van der Waals surface area contributed by atoms with Crippen molar-refractivity contribution < 1.29 is 28.6 Å². The summed E-state index contributed by atoms with van der Waals surface area (Å²) in [7, 11) is 0. The highest BCUT2D eigenvalue weighted by atomic mass is 16.5. The van der Waals surface area contributed by atoms with E-state index in [0.29, 0.717) is 12.3 Å². The summed E-state index contributed by atoms with van der Waals surface area (Å²) in [5, 5.41) is 11.5. The van der Waals surface area contributed by atoms with Gasteiger partial charge in [0.15, 0.2) is 5.76 Å². The predicted molar refractivity (Wildman–Crippen MR) is 124 cm³/mol. The number of nitrogens with zero attached hydrogens (tertiary/aromatic N) is 1. The van der Waals surface area contributed by atoms with Gasteiger partial charge >= 0.3 is 12.1 Å². The Hall–Kier alpha value is -4.07. The summed E-state index contributed by atoms with van der Waals surface area (Å²) in [6, 6.07) is 19.3. The number of carboxylic acids is 1. The van der Waals surface area contributed by atoms with Gasteiger partial charge in [-0.3, -0.25) is 9.59 Å². The smallest absolute Gasteiger partial charge is 0.407 e. The van der Waals surface area contributed by atoms with Crippen molar-refractivity contribution in [2.75, 3.05) is 19.7 Å². The van der Waals surface area contributed by atoms with Crippen LogP contribution in [0.15, 0.2) is 65.1 Å². The average molecular weight is 463 g/mol. The molecule has 1 aliphatic rings. The number of alkyl carbamates (subject to hydrolysis) is 1. The van der Waals surface area contributed by atoms with Crippen LogP contribution in [0.5, 0.6) is 0 Å². The maximum absolute atomic E-state index is 12.5. The quantitative estimate of drug-likeness (QED) is 0.492. The molecule has 0 spiro atoms. The molecule has 0 unspecified atom stereocenters. The fraction of sp³-hybridized carbons (Fsp3) is 0.269. The van der Waals surface area contributed by atoms with Crippen molar-refractivity contribution in [1.82, 2.24) is 10.2 Å². The lowest BCUT2D eigenvalue weighted by molar-refractivity contribution is -0.137. The molecular formula is C26H26N2O6. The number of benzene rings is 2. The number of hydrogen-bond acceptors (Lipinski definition) is 5. The van der Waals surface area contributed by atoms with E-state index in [2.05, 4.69) is 29.6 Å². The van der Waals surface area contributed by atoms with Gasteiger partial charge in [0.2, 0.25) is 0 Å². The molecule has 0 aliphatic heterocycles. The minimum absolute atomic E-state index is 0.0307. The zero-order valence-electron chi connectivity index (χ0n) is 18.8. The molecule has 3 aromatic rings. The maximum Gasteiger partial charge on any atom is 0.407 e. The molecular weight excluding hydrogens is 436 g/mol. The molecule has 2 N–H and O–H groups in total. The van der Waals surface area contributed by atoms with E-state index in [0.717, 1.165) is 22.3 Å². The third kappa shape index (κ3) is 4.96. The van der Waals surface area contributed by atoms with E-state index in [-0.39, 0.29) is 37.8 Å². The molecule has 0 saturated heterocycles. The van der Waals surface area contributed by atoms with Crippen molar-refractivity contribution in [2.24, 2.45) is 0 Å². The summed E-state index contributed by atoms with van der Waals surface area (Å²) in [5.74, 6) is -0.908. The van der Waals surface area contributed by atoms with E-state index in [1.165, 1.54) is 11.0 Å². The minimum atomic E-state index is -0.973. The highest BCUT2D eigenvalue weighted by Gasteiger charge is 2.29. The van der Waals surface area contributed by atoms with Crippen LogP contribution >= 0.6 is 0 Å². The molecule has 2 amide bonds. The number of carbonyl (C=O) groups is 3. The Kier molecular flexibility index (Phi) is 6.96. The van der Waals surface area contributed by atoms with E-state index in [1.807, 2.05) is 24.3 Å². The molecule has 0 saturated carbocycles. The van der Waals surface area contributed by atoms with Crippen molar-refractivity contribution in [3.8, 4) is 11.1 Å². The molecule has 1 aliphatic carbocycles. The summed E-state index contributed by atoms with van der Waals surface area (Å²) in [6.07, 6.45) is -0.723. The Balaban J connectivity index is 1.31. The monoisotopic (exact) mass is 462 g/mol. The molecule has 1 heterocycles. The Morgan fingerprint density at radius 3 is 2.26 bits per heavy atom. The number of carboxylic acid groups (broad SMARTS) is 1. The standard InChI is InChI=1S/C26H26N2O6/c1-2-28(14-13-24(29)30)25(31)23-12-11-17(34-23)15-27-26(32)33-16-22-20-9-5-3-7-18(20)19-8-4-6-10-21(19)22/h3-12,22H,2,13-16H2,1H3,(H,27,32)(H,29,30). The van der Waals surface area contributed by atoms with Crippen LogP contribution in [0.2, 0.25) is 0 Å². The van der Waals surface area contributed by atoms with Gasteiger partial charge in [0.25, 0.3) is 5.91 Å². The Morgan fingerprint density at radius 2 is 1.65 bits per heavy atom. The number of rotatable bonds is 9. The van der Waals surface area contributed by atoms with E-state index >= 15 is 0 Å². The second-order valence-corrected chi connectivity index (χ2v) is 7.97. The van der Waals surface area contributed by atoms with Crippen molar-refractivity contribution in [3.05, 3.63) is 83.3 Å². The summed E-state index contributed by atoms with van der Waals surface area (Å²) < 4.78 is 11.1. The largest absolute Gasteiger partial charge is 0.481 e. The van der Waals surface area contributed by atoms with Gasteiger partial charge in [-0.1, -0.05) is 48.5 Å². The lowest BCUT2D eigenvalue weighted by Crippen LogP contribution is -2.32. The summed E-state index contributed by atoms with van der Waals surface area (Å²) in [4.78, 5) is 37.0. The number of fused-ring (bicyclic) bond motifs is 3. The van der Waals surface area contributed by atoms with Crippen LogP contribution in [0.3, 0.4) is 0 Å². The van der Waals surface area contributed by atoms with Gasteiger partial charge in [-0.2, -0.15) is 0 Å². The van der Waals surface area contributed by atoms with E-state index in [1.54, 1.807) is 13.0 Å². The SMILES string of the molecule is CCN(CCC(=O)O)C(=O)c1ccc(CNC(=O)OCC2c3ccccc3-c3ccccc32)o1. The molecule has 0 atom stereocenters. The third-order valence-corrected chi connectivity index (χ3v) is 5.89. The number of amides is 2. The molecule has 1 aromatic heterocycles. The number of nitrogens with one attached hydrogen (secondary N) is 1. The predicted octanol–water partition coefficient (Wildman–Crippen LogP) is 4.26.